The van der Waals surface area contributed by atoms with Gasteiger partial charge in [0.1, 0.15) is 0 Å². The Labute approximate surface area is 191 Å². The second-order valence-corrected chi connectivity index (χ2v) is 10.5. The molecule has 0 spiro atoms. The zero-order chi connectivity index (χ0) is 23.9. The minimum Gasteiger partial charge on any atom is -0.493 e. The van der Waals surface area contributed by atoms with Crippen LogP contribution >= 0.6 is 0 Å². The topological polar surface area (TPSA) is 84.9 Å². The van der Waals surface area contributed by atoms with Crippen LogP contribution < -0.4 is 14.8 Å². The molecule has 2 rings (SSSR count). The Morgan fingerprint density at radius 1 is 0.906 bits per heavy atom. The third-order valence-corrected chi connectivity index (χ3v) is 6.57. The summed E-state index contributed by atoms with van der Waals surface area (Å²) in [7, 11) is -0.507. The summed E-state index contributed by atoms with van der Waals surface area (Å²) in [4.78, 5) is 12.7. The molecule has 0 bridgehead atoms. The molecule has 0 aliphatic rings. The Kier molecular flexibility index (Phi) is 9.09. The predicted molar refractivity (Wildman–Crippen MR) is 127 cm³/mol. The van der Waals surface area contributed by atoms with Crippen LogP contribution in [0.5, 0.6) is 11.5 Å². The number of methoxy groups -OCH3 is 2. The van der Waals surface area contributed by atoms with E-state index in [-0.39, 0.29) is 29.1 Å². The second-order valence-electron chi connectivity index (χ2n) is 8.55. The Hall–Kier alpha value is -2.58. The van der Waals surface area contributed by atoms with E-state index in [9.17, 15) is 13.2 Å². The van der Waals surface area contributed by atoms with Crippen LogP contribution in [0.4, 0.5) is 5.69 Å². The number of hydrogen-bond acceptors (Lipinski definition) is 5. The highest BCUT2D eigenvalue weighted by atomic mass is 32.2. The summed E-state index contributed by atoms with van der Waals surface area (Å²) < 4.78 is 38.2. The van der Waals surface area contributed by atoms with Crippen molar-refractivity contribution in [1.29, 1.82) is 0 Å². The SMILES string of the molecule is COc1ccc(CC(=O)Nc2ccc(S(=O)(=O)N(CC(C)C)CC(C)C)cc2)cc1OC. The van der Waals surface area contributed by atoms with Gasteiger partial charge in [-0.3, -0.25) is 4.79 Å². The molecule has 0 aliphatic carbocycles. The van der Waals surface area contributed by atoms with Gasteiger partial charge in [-0.25, -0.2) is 8.42 Å². The van der Waals surface area contributed by atoms with E-state index in [4.69, 9.17) is 9.47 Å². The maximum atomic E-state index is 13.1. The molecule has 0 saturated carbocycles. The molecule has 1 amide bonds. The van der Waals surface area contributed by atoms with E-state index in [1.165, 1.54) is 16.4 Å². The summed E-state index contributed by atoms with van der Waals surface area (Å²) >= 11 is 0. The monoisotopic (exact) mass is 462 g/mol. The summed E-state index contributed by atoms with van der Waals surface area (Å²) in [6.07, 6.45) is 0.150. The Morgan fingerprint density at radius 3 is 1.97 bits per heavy atom. The van der Waals surface area contributed by atoms with E-state index in [2.05, 4.69) is 5.32 Å². The van der Waals surface area contributed by atoms with Crippen LogP contribution in [-0.4, -0.2) is 45.9 Å². The third-order valence-electron chi connectivity index (χ3n) is 4.73. The molecule has 32 heavy (non-hydrogen) atoms. The molecule has 176 valence electrons. The summed E-state index contributed by atoms with van der Waals surface area (Å²) in [6.45, 7) is 8.92. The molecule has 0 unspecified atom stereocenters. The average Bonchev–Trinajstić information content (AvgIpc) is 2.72. The smallest absolute Gasteiger partial charge is 0.243 e. The van der Waals surface area contributed by atoms with Gasteiger partial charge < -0.3 is 14.8 Å². The first-order valence-corrected chi connectivity index (χ1v) is 12.1. The molecule has 0 radical (unpaired) electrons. The van der Waals surface area contributed by atoms with Crippen LogP contribution in [0.15, 0.2) is 47.4 Å². The van der Waals surface area contributed by atoms with E-state index in [0.29, 0.717) is 30.3 Å². The van der Waals surface area contributed by atoms with Crippen LogP contribution in [0.2, 0.25) is 0 Å². The summed E-state index contributed by atoms with van der Waals surface area (Å²) in [6, 6.07) is 11.6. The van der Waals surface area contributed by atoms with Gasteiger partial charge in [0.05, 0.1) is 25.5 Å². The molecule has 0 saturated heterocycles. The van der Waals surface area contributed by atoms with Crippen molar-refractivity contribution in [2.24, 2.45) is 11.8 Å². The number of nitrogens with zero attached hydrogens (tertiary/aromatic N) is 1. The van der Waals surface area contributed by atoms with Gasteiger partial charge in [-0.15, -0.1) is 0 Å². The Morgan fingerprint density at radius 2 is 1.47 bits per heavy atom. The van der Waals surface area contributed by atoms with Crippen molar-refractivity contribution in [1.82, 2.24) is 4.31 Å². The molecule has 2 aromatic rings. The molecule has 7 nitrogen and oxygen atoms in total. The predicted octanol–water partition coefficient (Wildman–Crippen LogP) is 4.19. The highest BCUT2D eigenvalue weighted by molar-refractivity contribution is 7.89. The van der Waals surface area contributed by atoms with Crippen LogP contribution in [0.25, 0.3) is 0 Å². The lowest BCUT2D eigenvalue weighted by atomic mass is 10.1. The fourth-order valence-corrected chi connectivity index (χ4v) is 5.09. The molecule has 0 heterocycles. The van der Waals surface area contributed by atoms with E-state index in [1.807, 2.05) is 27.7 Å². The van der Waals surface area contributed by atoms with Crippen molar-refractivity contribution in [3.63, 3.8) is 0 Å². The largest absolute Gasteiger partial charge is 0.493 e. The van der Waals surface area contributed by atoms with Crippen LogP contribution in [0, 0.1) is 11.8 Å². The standard InChI is InChI=1S/C24H34N2O5S/c1-17(2)15-26(16-18(3)4)32(28,29)21-10-8-20(9-11-21)25-24(27)14-19-7-12-22(30-5)23(13-19)31-6/h7-13,17-18H,14-16H2,1-6H3,(H,25,27). The van der Waals surface area contributed by atoms with Gasteiger partial charge in [0, 0.05) is 18.8 Å². The highest BCUT2D eigenvalue weighted by Crippen LogP contribution is 2.28. The third kappa shape index (κ3) is 6.97. The number of rotatable bonds is 11. The van der Waals surface area contributed by atoms with Crippen molar-refractivity contribution < 1.29 is 22.7 Å². The summed E-state index contributed by atoms with van der Waals surface area (Å²) in [5, 5.41) is 2.81. The molecule has 2 aromatic carbocycles. The van der Waals surface area contributed by atoms with Gasteiger partial charge in [-0.05, 0) is 53.8 Å². The van der Waals surface area contributed by atoms with E-state index in [0.717, 1.165) is 5.56 Å². The summed E-state index contributed by atoms with van der Waals surface area (Å²) in [5.41, 5.74) is 1.31. The second kappa shape index (κ2) is 11.3. The number of carbonyl (C=O) groups is 1. The zero-order valence-electron chi connectivity index (χ0n) is 19.7. The van der Waals surface area contributed by atoms with E-state index < -0.39 is 10.0 Å². The number of nitrogens with one attached hydrogen (secondary N) is 1. The first-order chi connectivity index (χ1) is 15.1. The first-order valence-electron chi connectivity index (χ1n) is 10.7. The minimum absolute atomic E-state index is 0.150. The van der Waals surface area contributed by atoms with Gasteiger partial charge in [-0.1, -0.05) is 33.8 Å². The Balaban J connectivity index is 2.10. The fraction of sp³-hybridized carbons (Fsp3) is 0.458. The molecular formula is C24H34N2O5S. The molecule has 1 N–H and O–H groups in total. The van der Waals surface area contributed by atoms with Gasteiger partial charge in [0.25, 0.3) is 0 Å². The fourth-order valence-electron chi connectivity index (χ4n) is 3.33. The zero-order valence-corrected chi connectivity index (χ0v) is 20.5. The lowest BCUT2D eigenvalue weighted by molar-refractivity contribution is -0.115. The van der Waals surface area contributed by atoms with Crippen molar-refractivity contribution in [3.05, 3.63) is 48.0 Å². The quantitative estimate of drug-likeness (QED) is 0.541. The van der Waals surface area contributed by atoms with E-state index in [1.54, 1.807) is 44.6 Å². The molecule has 0 aromatic heterocycles. The number of hydrogen-bond donors (Lipinski definition) is 1. The number of carbonyl (C=O) groups excluding carboxylic acids is 1. The van der Waals surface area contributed by atoms with Gasteiger partial charge in [-0.2, -0.15) is 4.31 Å². The number of sulfonamides is 1. The lowest BCUT2D eigenvalue weighted by Gasteiger charge is -2.25. The molecule has 0 fully saturated rings. The van der Waals surface area contributed by atoms with Crippen molar-refractivity contribution in [2.75, 3.05) is 32.6 Å². The lowest BCUT2D eigenvalue weighted by Crippen LogP contribution is -2.37. The van der Waals surface area contributed by atoms with Crippen LogP contribution in [0.3, 0.4) is 0 Å². The highest BCUT2D eigenvalue weighted by Gasteiger charge is 2.25. The summed E-state index contributed by atoms with van der Waals surface area (Å²) in [5.74, 6) is 1.38. The first kappa shape index (κ1) is 25.7. The van der Waals surface area contributed by atoms with Crippen LogP contribution in [-0.2, 0) is 21.2 Å². The molecule has 0 aliphatic heterocycles. The van der Waals surface area contributed by atoms with E-state index >= 15 is 0 Å². The van der Waals surface area contributed by atoms with Crippen LogP contribution in [0.1, 0.15) is 33.3 Å². The van der Waals surface area contributed by atoms with Gasteiger partial charge >= 0.3 is 0 Å². The minimum atomic E-state index is -3.60. The van der Waals surface area contributed by atoms with Gasteiger partial charge in [0.15, 0.2) is 11.5 Å². The van der Waals surface area contributed by atoms with Crippen molar-refractivity contribution >= 4 is 21.6 Å². The number of anilines is 1. The Bertz CT molecular complexity index is 992. The maximum absolute atomic E-state index is 13.1. The normalized spacial score (nSPS) is 11.8. The van der Waals surface area contributed by atoms with Crippen molar-refractivity contribution in [2.45, 2.75) is 39.0 Å². The molecule has 0 atom stereocenters. The number of benzene rings is 2. The number of ether oxygens (including phenoxy) is 2. The average molecular weight is 463 g/mol. The maximum Gasteiger partial charge on any atom is 0.243 e. The molecule has 8 heteroatoms. The van der Waals surface area contributed by atoms with Crippen molar-refractivity contribution in [3.8, 4) is 11.5 Å². The number of amides is 1. The molecular weight excluding hydrogens is 428 g/mol. The van der Waals surface area contributed by atoms with Gasteiger partial charge in [0.2, 0.25) is 15.9 Å².